The largest absolute Gasteiger partial charge is 0 e. The third-order valence-electron chi connectivity index (χ3n) is 25.4. The van der Waals surface area contributed by atoms with Crippen LogP contribution in [0.3, 0.4) is 0 Å². The van der Waals surface area contributed by atoms with Gasteiger partial charge in [-0.15, -0.1) is 144 Å². The summed E-state index contributed by atoms with van der Waals surface area (Å²) in [5.41, 5.74) is 32.6. The Kier molecular flexibility index (Phi) is 49.0. The summed E-state index contributed by atoms with van der Waals surface area (Å²) in [6.45, 7) is 15.0. The van der Waals surface area contributed by atoms with Crippen LogP contribution in [0.15, 0.2) is 365 Å². The van der Waals surface area contributed by atoms with Gasteiger partial charge in [-0.05, 0) is 74.7 Å². The first-order valence-corrected chi connectivity index (χ1v) is 79.9. The van der Waals surface area contributed by atoms with Gasteiger partial charge in [-0.2, -0.15) is 0 Å². The van der Waals surface area contributed by atoms with Crippen LogP contribution >= 0.6 is 0 Å². The van der Waals surface area contributed by atoms with E-state index in [1.54, 1.807) is 19.9 Å². The number of rotatable bonds is 18. The summed E-state index contributed by atoms with van der Waals surface area (Å²) in [6.07, 6.45) is 27.8. The smallest absolute Gasteiger partial charge is 0 e. The second-order valence-electron chi connectivity index (χ2n) is 41.7. The Morgan fingerprint density at radius 1 is 0.245 bits per heavy atom. The molecule has 147 heavy (non-hydrogen) atoms. The maximum Gasteiger partial charge on any atom is 0 e. The predicted molar refractivity (Wildman–Crippen MR) is 616 cm³/mol. The zero-order valence-electron chi connectivity index (χ0n) is 88.6. The van der Waals surface area contributed by atoms with E-state index >= 15 is 0 Å². The fraction of sp³-hybridized carbons (Fsp3) is 0.237. The molecule has 20 rings (SSSR count). The van der Waals surface area contributed by atoms with Crippen LogP contribution in [0.2, 0.25) is 69.1 Å². The molecule has 4 radical (unpaired) electrons. The van der Waals surface area contributed by atoms with Crippen LogP contribution in [0, 0.1) is 89.1 Å². The van der Waals surface area contributed by atoms with Crippen LogP contribution < -0.4 is 17.6 Å². The van der Waals surface area contributed by atoms with Gasteiger partial charge in [-0.25, -0.2) is 0 Å². The number of hydrogen-bond acceptors (Lipinski definition) is 8. The second-order valence-corrected chi connectivity index (χ2v) is 84.0. The molecule has 10 aromatic carbocycles. The number of benzene rings is 10. The van der Waals surface area contributed by atoms with Crippen molar-refractivity contribution in [3.05, 3.63) is 458 Å². The molecule has 0 N–H and O–H groups in total. The molecule has 0 unspecified atom stereocenters. The van der Waals surface area contributed by atoms with E-state index in [1.165, 1.54) is 116 Å². The Balaban J connectivity index is 0.000000189. The average Bonchev–Trinajstić information content (AvgIpc) is 1.78. The van der Waals surface area contributed by atoms with Crippen molar-refractivity contribution in [2.45, 2.75) is 187 Å². The van der Waals surface area contributed by atoms with Crippen molar-refractivity contribution in [1.82, 2.24) is 39.9 Å². The molecule has 0 saturated heterocycles. The zero-order chi connectivity index (χ0) is 101. The normalized spacial score (nSPS) is 12.1. The standard InChI is InChI=1S/C25H28GeN.C24H28GeN.C19H24GeN.C15H18GeN.4C12H10N.4Ir/c1-26(2,3)24-18-27-25(17-23(24)20-12-7-8-13-20)22-15-9-14-21(16-22)19-10-5-4-6-11-19;1-18(2)14-22-16-24(26-17-23(22)25(3,4)5)21-13-9-12-20(15-21)19-10-7-6-8-11-19;1-20(2,3)18-14-21-19(16-11-5-4-6-12-16)13-17(18)15-9-7-8-10-15;1-12-11-17-15(10-14(12)16(2,3)4)13-8-6-5-7-9-13;4*1-10-7-8-13-12(9-10)11-5-3-2-4-6-11;;;;/h4-6,9-11,14,16-18,20H,7-8,12-13H2,1-3H3;6-12,15-18H,14H2,1-5H3;4-6,11,13-15H,7-10H2,1-3H3;5-8,10-11H,1-4H3;4*2-5,7-9H,1H3;;;;/q8*-1;;;;. The minimum absolute atomic E-state index is 0. The Morgan fingerprint density at radius 3 is 0.782 bits per heavy atom. The van der Waals surface area contributed by atoms with Crippen LogP contribution in [0.1, 0.15) is 122 Å². The minimum atomic E-state index is -1.94. The monoisotopic (exact) mass is 2890 g/mol. The molecule has 0 spiro atoms. The summed E-state index contributed by atoms with van der Waals surface area (Å²) < 4.78 is 6.25. The van der Waals surface area contributed by atoms with Crippen molar-refractivity contribution in [1.29, 1.82) is 0 Å². The van der Waals surface area contributed by atoms with E-state index in [-0.39, 0.29) is 80.4 Å². The summed E-state index contributed by atoms with van der Waals surface area (Å²) in [5, 5.41) is 0. The molecule has 2 aliphatic carbocycles. The Bertz CT molecular complexity index is 6670. The van der Waals surface area contributed by atoms with Gasteiger partial charge in [0.1, 0.15) is 0 Å². The molecule has 0 amide bonds. The number of hydrogen-bond donors (Lipinski definition) is 0. The third kappa shape index (κ3) is 37.4. The van der Waals surface area contributed by atoms with Gasteiger partial charge < -0.3 is 19.9 Å². The molecular weight excluding hydrogens is 2740 g/mol. The van der Waals surface area contributed by atoms with Crippen LogP contribution in [0.5, 0.6) is 0 Å². The molecule has 2 fully saturated rings. The minimum Gasteiger partial charge on any atom is 0 e. The van der Waals surface area contributed by atoms with Crippen LogP contribution in [0.4, 0.5) is 0 Å². The molecule has 0 aliphatic heterocycles. The van der Waals surface area contributed by atoms with Crippen molar-refractivity contribution < 1.29 is 80.4 Å². The third-order valence-corrected chi connectivity index (χ3v) is 42.7. The summed E-state index contributed by atoms with van der Waals surface area (Å²) in [5.74, 6) is 31.6. The van der Waals surface area contributed by atoms with E-state index in [4.69, 9.17) is 15.0 Å². The first-order valence-electron chi connectivity index (χ1n) is 50.5. The van der Waals surface area contributed by atoms with E-state index in [1.807, 2.05) is 195 Å². The molecule has 2 saturated carbocycles. The summed E-state index contributed by atoms with van der Waals surface area (Å²) in [6, 6.07) is 133. The molecular formula is C131H138Ge4Ir4N8-8. The molecule has 2 aliphatic rings. The molecule has 0 atom stereocenters. The van der Waals surface area contributed by atoms with Gasteiger partial charge in [0, 0.05) is 105 Å². The van der Waals surface area contributed by atoms with Crippen LogP contribution in [0.25, 0.3) is 112 Å². The van der Waals surface area contributed by atoms with E-state index in [2.05, 4.69) is 361 Å². The van der Waals surface area contributed by atoms with Crippen LogP contribution in [-0.4, -0.2) is 92.9 Å². The molecule has 8 nitrogen and oxygen atoms in total. The van der Waals surface area contributed by atoms with Gasteiger partial charge in [0.25, 0.3) is 0 Å². The molecule has 16 heteroatoms. The fourth-order valence-corrected chi connectivity index (χ4v) is 31.8. The zero-order valence-corrected chi connectivity index (χ0v) is 107. The van der Waals surface area contributed by atoms with Crippen molar-refractivity contribution in [2.75, 3.05) is 0 Å². The fourth-order valence-electron chi connectivity index (χ4n) is 17.9. The maximum absolute atomic E-state index is 4.90. The molecule has 762 valence electrons. The van der Waals surface area contributed by atoms with Crippen molar-refractivity contribution >= 4 is 70.6 Å². The SMILES string of the molecule is CC(C)Cc1cc(-c2[c-]ccc(-c3ccccc3)c2)nc[c]1[Ge]([CH3])([CH3])[CH3].Cc1ccnc(-c2[c-]cccc2)c1.Cc1ccnc(-c2[c-]cccc2)c1.Cc1ccnc(-c2[c-]cccc2)c1.Cc1ccnc(-c2[c-]cccc2)c1.Cc1cnc(-c2[c-]cccc2)c[c]1[Ge]([CH3])([CH3])[CH3].[CH3][Ge]([CH3])([CH3])[c]1cnc(-c2[c-]ccc(-c3ccccc3)c2)cc1C1CCCC1.[CH3][Ge]([CH3])([CH3])[c]1cnc(-c2[c-]cccc2)cc1C1CCCC1.[Ir].[Ir].[Ir].[Ir]. The predicted octanol–water partition coefficient (Wildman–Crippen LogP) is 32.0. The number of aryl methyl sites for hydroxylation is 5. The van der Waals surface area contributed by atoms with Crippen molar-refractivity contribution in [3.8, 4) is 112 Å². The average molecular weight is 2880 g/mol. The van der Waals surface area contributed by atoms with E-state index in [0.29, 0.717) is 5.92 Å². The van der Waals surface area contributed by atoms with Crippen molar-refractivity contribution in [3.63, 3.8) is 0 Å². The van der Waals surface area contributed by atoms with Gasteiger partial charge in [-0.3, -0.25) is 0 Å². The van der Waals surface area contributed by atoms with E-state index in [0.717, 1.165) is 108 Å². The van der Waals surface area contributed by atoms with E-state index in [9.17, 15) is 0 Å². The summed E-state index contributed by atoms with van der Waals surface area (Å²) in [7, 11) is 0. The number of aromatic nitrogens is 8. The van der Waals surface area contributed by atoms with Crippen LogP contribution in [-0.2, 0) is 86.8 Å². The Labute approximate surface area is 944 Å². The second kappa shape index (κ2) is 59.7. The quantitative estimate of drug-likeness (QED) is 0.0618. The van der Waals surface area contributed by atoms with Gasteiger partial charge in [0.05, 0.1) is 0 Å². The topological polar surface area (TPSA) is 103 Å². The molecule has 8 aromatic heterocycles. The van der Waals surface area contributed by atoms with Gasteiger partial charge in [-0.1, -0.05) is 46.5 Å². The Hall–Kier alpha value is -9.83. The molecule has 18 aromatic rings. The first kappa shape index (κ1) is 121. The van der Waals surface area contributed by atoms with Gasteiger partial charge in [0.15, 0.2) is 0 Å². The Morgan fingerprint density at radius 2 is 0.503 bits per heavy atom. The van der Waals surface area contributed by atoms with Crippen molar-refractivity contribution in [2.24, 2.45) is 5.92 Å². The van der Waals surface area contributed by atoms with E-state index < -0.39 is 53.1 Å². The molecule has 0 bridgehead atoms. The van der Waals surface area contributed by atoms with Gasteiger partial charge >= 0.3 is 564 Å². The maximum atomic E-state index is 4.90. The summed E-state index contributed by atoms with van der Waals surface area (Å²) >= 11 is -7.54. The number of nitrogens with zero attached hydrogens (tertiary/aromatic N) is 8. The summed E-state index contributed by atoms with van der Waals surface area (Å²) in [4.78, 5) is 36.1. The molecule has 8 heterocycles. The number of pyridine rings is 8. The first-order chi connectivity index (χ1) is 68.8. The van der Waals surface area contributed by atoms with Gasteiger partial charge in [0.2, 0.25) is 0 Å².